The smallest absolute Gasteiger partial charge is 0.415 e. The largest absolute Gasteiger partial charge is 0.487 e. The van der Waals surface area contributed by atoms with Gasteiger partial charge in [0, 0.05) is 42.2 Å². The fraction of sp³-hybridized carbons (Fsp3) is 0.654. The molecule has 0 spiro atoms. The first kappa shape index (κ1) is 25.2. The molecule has 1 amide bonds. The second-order valence-electron chi connectivity index (χ2n) is 9.59. The summed E-state index contributed by atoms with van der Waals surface area (Å²) in [5.41, 5.74) is 3.25. The van der Waals surface area contributed by atoms with Crippen molar-refractivity contribution in [1.29, 1.82) is 0 Å². The lowest BCUT2D eigenvalue weighted by atomic mass is 9.68. The quantitative estimate of drug-likeness (QED) is 0.210. The third-order valence-corrected chi connectivity index (χ3v) is 7.08. The van der Waals surface area contributed by atoms with Crippen molar-refractivity contribution in [3.63, 3.8) is 0 Å². The second kappa shape index (κ2) is 11.2. The van der Waals surface area contributed by atoms with Gasteiger partial charge < -0.3 is 14.4 Å². The van der Waals surface area contributed by atoms with Crippen molar-refractivity contribution in [2.75, 3.05) is 24.8 Å². The standard InChI is InChI=1S/C26H37Cl2NO3/c1-5-6-7-8-19-16-22(31-25(30)29(13-11-27)14-12-28)24-20-15-18(2)9-10-21(20)26(3,4)32-23(24)17-19/h15-17,20-21H,5-14H2,1-4H3/t20-,21-/m1/s1. The maximum absolute atomic E-state index is 13.0. The van der Waals surface area contributed by atoms with Crippen molar-refractivity contribution in [1.82, 2.24) is 4.90 Å². The molecule has 1 aliphatic carbocycles. The van der Waals surface area contributed by atoms with Gasteiger partial charge in [-0.1, -0.05) is 31.4 Å². The Morgan fingerprint density at radius 3 is 2.59 bits per heavy atom. The van der Waals surface area contributed by atoms with Crippen molar-refractivity contribution < 1.29 is 14.3 Å². The van der Waals surface area contributed by atoms with E-state index in [1.54, 1.807) is 4.90 Å². The molecule has 0 fully saturated rings. The zero-order valence-corrected chi connectivity index (χ0v) is 21.4. The fourth-order valence-electron chi connectivity index (χ4n) is 5.03. The molecule has 0 radical (unpaired) electrons. The average molecular weight is 482 g/mol. The summed E-state index contributed by atoms with van der Waals surface area (Å²) in [6, 6.07) is 4.20. The summed E-state index contributed by atoms with van der Waals surface area (Å²) < 4.78 is 12.6. The predicted octanol–water partition coefficient (Wildman–Crippen LogP) is 7.31. The van der Waals surface area contributed by atoms with Gasteiger partial charge in [-0.25, -0.2) is 4.79 Å². The van der Waals surface area contributed by atoms with Crippen LogP contribution in [0.1, 0.15) is 76.8 Å². The number of alkyl halides is 2. The molecule has 0 bridgehead atoms. The Labute approximate surface area is 203 Å². The summed E-state index contributed by atoms with van der Waals surface area (Å²) in [4.78, 5) is 14.6. The van der Waals surface area contributed by atoms with Crippen LogP contribution in [0.15, 0.2) is 23.8 Å². The molecule has 4 nitrogen and oxygen atoms in total. The second-order valence-corrected chi connectivity index (χ2v) is 10.3. The van der Waals surface area contributed by atoms with Crippen LogP contribution >= 0.6 is 23.2 Å². The first-order valence-electron chi connectivity index (χ1n) is 11.9. The van der Waals surface area contributed by atoms with Crippen LogP contribution in [0.2, 0.25) is 0 Å². The van der Waals surface area contributed by atoms with Crippen LogP contribution in [-0.2, 0) is 6.42 Å². The molecule has 32 heavy (non-hydrogen) atoms. The maximum Gasteiger partial charge on any atom is 0.415 e. The van der Waals surface area contributed by atoms with E-state index in [0.717, 1.165) is 49.0 Å². The lowest BCUT2D eigenvalue weighted by molar-refractivity contribution is 0.0107. The Kier molecular flexibility index (Phi) is 8.80. The van der Waals surface area contributed by atoms with Gasteiger partial charge in [0.05, 0.1) is 0 Å². The van der Waals surface area contributed by atoms with Gasteiger partial charge >= 0.3 is 6.09 Å². The number of hydrogen-bond acceptors (Lipinski definition) is 3. The predicted molar refractivity (Wildman–Crippen MR) is 133 cm³/mol. The summed E-state index contributed by atoms with van der Waals surface area (Å²) in [5, 5.41) is 0. The van der Waals surface area contributed by atoms with Crippen molar-refractivity contribution in [3.05, 3.63) is 34.9 Å². The summed E-state index contributed by atoms with van der Waals surface area (Å²) >= 11 is 11.8. The number of ether oxygens (including phenoxy) is 2. The summed E-state index contributed by atoms with van der Waals surface area (Å²) in [6.07, 6.45) is 8.45. The van der Waals surface area contributed by atoms with E-state index < -0.39 is 6.09 Å². The Hall–Kier alpha value is -1.39. The molecule has 3 rings (SSSR count). The molecule has 2 atom stereocenters. The number of amides is 1. The number of allylic oxidation sites excluding steroid dienone is 2. The van der Waals surface area contributed by atoms with Crippen LogP contribution in [0, 0.1) is 5.92 Å². The highest BCUT2D eigenvalue weighted by molar-refractivity contribution is 6.18. The van der Waals surface area contributed by atoms with Crippen molar-refractivity contribution in [2.45, 2.75) is 77.7 Å². The van der Waals surface area contributed by atoms with E-state index in [2.05, 4.69) is 39.8 Å². The number of benzene rings is 1. The molecule has 0 aromatic heterocycles. The van der Waals surface area contributed by atoms with Gasteiger partial charge in [0.15, 0.2) is 0 Å². The molecule has 1 aromatic rings. The number of carbonyl (C=O) groups is 1. The van der Waals surface area contributed by atoms with E-state index in [-0.39, 0.29) is 11.5 Å². The number of fused-ring (bicyclic) bond motifs is 3. The van der Waals surface area contributed by atoms with E-state index >= 15 is 0 Å². The molecule has 0 unspecified atom stereocenters. The molecular formula is C26H37Cl2NO3. The first-order chi connectivity index (χ1) is 15.3. The monoisotopic (exact) mass is 481 g/mol. The highest BCUT2D eigenvalue weighted by Gasteiger charge is 2.45. The molecular weight excluding hydrogens is 445 g/mol. The lowest BCUT2D eigenvalue weighted by Gasteiger charge is -2.46. The Balaban J connectivity index is 2.03. The highest BCUT2D eigenvalue weighted by atomic mass is 35.5. The number of aryl methyl sites for hydroxylation is 1. The van der Waals surface area contributed by atoms with Gasteiger partial charge in [-0.2, -0.15) is 0 Å². The minimum Gasteiger partial charge on any atom is -0.487 e. The van der Waals surface area contributed by atoms with Gasteiger partial charge in [0.2, 0.25) is 0 Å². The highest BCUT2D eigenvalue weighted by Crippen LogP contribution is 2.53. The van der Waals surface area contributed by atoms with Crippen molar-refractivity contribution in [2.24, 2.45) is 5.92 Å². The number of halogens is 2. The molecule has 1 aliphatic heterocycles. The third-order valence-electron chi connectivity index (χ3n) is 6.74. The summed E-state index contributed by atoms with van der Waals surface area (Å²) in [6.45, 7) is 9.55. The number of carbonyl (C=O) groups excluding carboxylic acids is 1. The Bertz CT molecular complexity index is 831. The fourth-order valence-corrected chi connectivity index (χ4v) is 5.43. The first-order valence-corrected chi connectivity index (χ1v) is 13.0. The number of hydrogen-bond donors (Lipinski definition) is 0. The van der Waals surface area contributed by atoms with Crippen molar-refractivity contribution >= 4 is 29.3 Å². The van der Waals surface area contributed by atoms with Crippen molar-refractivity contribution in [3.8, 4) is 11.5 Å². The average Bonchev–Trinajstić information content (AvgIpc) is 2.72. The van der Waals surface area contributed by atoms with Gasteiger partial charge in [0.1, 0.15) is 17.1 Å². The van der Waals surface area contributed by atoms with E-state index in [0.29, 0.717) is 36.5 Å². The molecule has 0 saturated carbocycles. The normalized spacial score (nSPS) is 21.1. The van der Waals surface area contributed by atoms with Gasteiger partial charge in [-0.3, -0.25) is 0 Å². The van der Waals surface area contributed by atoms with Crippen LogP contribution < -0.4 is 9.47 Å². The number of unbranched alkanes of at least 4 members (excludes halogenated alkanes) is 2. The zero-order chi connectivity index (χ0) is 23.3. The minimum atomic E-state index is -0.405. The molecule has 1 heterocycles. The summed E-state index contributed by atoms with van der Waals surface area (Å²) in [7, 11) is 0. The maximum atomic E-state index is 13.0. The molecule has 178 valence electrons. The van der Waals surface area contributed by atoms with Gasteiger partial charge in [-0.15, -0.1) is 23.2 Å². The number of nitrogens with zero attached hydrogens (tertiary/aromatic N) is 1. The minimum absolute atomic E-state index is 0.171. The van der Waals surface area contributed by atoms with Gasteiger partial charge in [0.25, 0.3) is 0 Å². The SMILES string of the molecule is CCCCCc1cc(OC(=O)N(CCCl)CCCl)c2c(c1)OC(C)(C)[C@@H]1CCC(C)=C[C@@H]21. The molecule has 0 N–H and O–H groups in total. The number of rotatable bonds is 9. The third kappa shape index (κ3) is 5.75. The zero-order valence-electron chi connectivity index (χ0n) is 19.9. The van der Waals surface area contributed by atoms with Crippen LogP contribution in [0.4, 0.5) is 4.79 Å². The van der Waals surface area contributed by atoms with Crippen LogP contribution in [0.3, 0.4) is 0 Å². The van der Waals surface area contributed by atoms with Crippen LogP contribution in [-0.4, -0.2) is 41.4 Å². The van der Waals surface area contributed by atoms with E-state index in [4.69, 9.17) is 32.7 Å². The molecule has 2 aliphatic rings. The van der Waals surface area contributed by atoms with Crippen LogP contribution in [0.25, 0.3) is 0 Å². The molecule has 0 saturated heterocycles. The molecule has 6 heteroatoms. The summed E-state index contributed by atoms with van der Waals surface area (Å²) in [5.74, 6) is 2.65. The van der Waals surface area contributed by atoms with Crippen LogP contribution in [0.5, 0.6) is 11.5 Å². The molecule has 1 aromatic carbocycles. The lowest BCUT2D eigenvalue weighted by Crippen LogP contribution is -2.45. The van der Waals surface area contributed by atoms with E-state index in [1.165, 1.54) is 12.0 Å². The van der Waals surface area contributed by atoms with E-state index in [9.17, 15) is 4.79 Å². The Morgan fingerprint density at radius 2 is 1.94 bits per heavy atom. The topological polar surface area (TPSA) is 38.8 Å². The van der Waals surface area contributed by atoms with E-state index in [1.807, 2.05) is 6.07 Å². The Morgan fingerprint density at radius 1 is 1.22 bits per heavy atom. The van der Waals surface area contributed by atoms with Gasteiger partial charge in [-0.05, 0) is 64.2 Å².